The van der Waals surface area contributed by atoms with E-state index in [1.54, 1.807) is 20.8 Å². The van der Waals surface area contributed by atoms with Gasteiger partial charge in [0, 0.05) is 47.3 Å². The van der Waals surface area contributed by atoms with E-state index < -0.39 is 35.4 Å². The molecule has 16 heteroatoms. The van der Waals surface area contributed by atoms with Crippen LogP contribution in [0.4, 0.5) is 0 Å². The first-order valence-electron chi connectivity index (χ1n) is 20.9. The Balaban J connectivity index is 1.93. The summed E-state index contributed by atoms with van der Waals surface area (Å²) in [6.45, 7) is 17.5. The molecule has 1 amide bonds. The Hall–Kier alpha value is -2.31. The highest BCUT2D eigenvalue weighted by Gasteiger charge is 2.43. The average molecular weight is 900 g/mol. The molecule has 0 heterocycles. The minimum atomic E-state index is -4.99. The standard InChI is InChI=1S/C43H69N3O9S4/c1-9-10-17-31-24-35(58(49,50)51)39-38-34(41(48)33(30(6)27(2)3)25-36(38)59(52,53)54)26-43(7,8)40(39)42(31)55-23-22-44-37(47)19-12-11-18-32(28(4)15-13-20-45-56)29(5)16-14-21-46-57/h24-25,28-29,32,45-46,48,56-57H,9-23,26H2,1-8H3,(H,44,47)(H,49,50,51)(H,52,53,54). The van der Waals surface area contributed by atoms with Crippen molar-refractivity contribution in [2.75, 3.05) is 26.2 Å². The second-order valence-electron chi connectivity index (χ2n) is 17.1. The van der Waals surface area contributed by atoms with Gasteiger partial charge in [-0.3, -0.25) is 23.3 Å². The van der Waals surface area contributed by atoms with E-state index in [0.29, 0.717) is 59.5 Å². The van der Waals surface area contributed by atoms with E-state index in [1.807, 2.05) is 20.8 Å². The van der Waals surface area contributed by atoms with Crippen molar-refractivity contribution < 1.29 is 40.6 Å². The Morgan fingerprint density at radius 2 is 1.42 bits per heavy atom. The van der Waals surface area contributed by atoms with Crippen LogP contribution >= 0.6 is 25.6 Å². The van der Waals surface area contributed by atoms with Gasteiger partial charge >= 0.3 is 0 Å². The van der Waals surface area contributed by atoms with E-state index in [9.17, 15) is 35.8 Å². The molecule has 0 radical (unpaired) electrons. The fraction of sp³-hybridized carbons (Fsp3) is 0.651. The van der Waals surface area contributed by atoms with Crippen molar-refractivity contribution in [2.45, 2.75) is 148 Å². The molecule has 0 aromatic heterocycles. The average Bonchev–Trinajstić information content (AvgIpc) is 3.14. The maximum Gasteiger partial charge on any atom is 0.295 e. The number of benzene rings is 2. The highest BCUT2D eigenvalue weighted by atomic mass is 32.2. The van der Waals surface area contributed by atoms with Crippen LogP contribution in [0, 0.1) is 17.8 Å². The van der Waals surface area contributed by atoms with Gasteiger partial charge in [0.1, 0.15) is 27.9 Å². The second kappa shape index (κ2) is 22.7. The van der Waals surface area contributed by atoms with Crippen LogP contribution in [0.1, 0.15) is 142 Å². The summed E-state index contributed by atoms with van der Waals surface area (Å²) in [6.07, 6.45) is 9.30. The molecule has 2 aromatic rings. The molecule has 2 atom stereocenters. The summed E-state index contributed by atoms with van der Waals surface area (Å²) >= 11 is 8.26. The molecule has 2 unspecified atom stereocenters. The summed E-state index contributed by atoms with van der Waals surface area (Å²) in [4.78, 5) is 11.9. The van der Waals surface area contributed by atoms with Crippen molar-refractivity contribution in [3.05, 3.63) is 40.0 Å². The summed E-state index contributed by atoms with van der Waals surface area (Å²) in [7, 11) is -9.98. The number of hydrogen-bond donors (Lipinski definition) is 8. The zero-order valence-corrected chi connectivity index (χ0v) is 39.6. The van der Waals surface area contributed by atoms with Gasteiger partial charge in [-0.15, -0.1) is 0 Å². The van der Waals surface area contributed by atoms with Gasteiger partial charge in [-0.2, -0.15) is 16.8 Å². The first kappa shape index (κ1) is 51.0. The molecule has 0 fully saturated rings. The molecule has 0 saturated carbocycles. The van der Waals surface area contributed by atoms with Crippen LogP contribution < -0.4 is 19.5 Å². The van der Waals surface area contributed by atoms with E-state index in [4.69, 9.17) is 4.74 Å². The number of ether oxygens (including phenoxy) is 1. The summed E-state index contributed by atoms with van der Waals surface area (Å²) in [5.74, 6) is 1.62. The van der Waals surface area contributed by atoms with Crippen LogP contribution in [0.5, 0.6) is 11.5 Å². The second-order valence-corrected chi connectivity index (χ2v) is 20.6. The number of fused-ring (bicyclic) bond motifs is 3. The predicted octanol–water partition coefficient (Wildman–Crippen LogP) is 8.92. The van der Waals surface area contributed by atoms with Gasteiger partial charge in [0.15, 0.2) is 0 Å². The minimum Gasteiger partial charge on any atom is -0.507 e. The van der Waals surface area contributed by atoms with E-state index >= 15 is 0 Å². The first-order valence-corrected chi connectivity index (χ1v) is 24.7. The lowest BCUT2D eigenvalue weighted by molar-refractivity contribution is -0.121. The molecule has 0 aliphatic heterocycles. The third-order valence-corrected chi connectivity index (χ3v) is 14.2. The molecule has 2 aromatic carbocycles. The number of carbonyl (C=O) groups excluding carboxylic acids is 1. The number of hydrogen-bond acceptors (Lipinski definition) is 11. The highest BCUT2D eigenvalue weighted by Crippen LogP contribution is 2.56. The molecule has 0 bridgehead atoms. The number of carbonyl (C=O) groups is 1. The maximum atomic E-state index is 13.2. The summed E-state index contributed by atoms with van der Waals surface area (Å²) < 4.78 is 86.3. The topological polar surface area (TPSA) is 191 Å². The zero-order valence-electron chi connectivity index (χ0n) is 36.2. The van der Waals surface area contributed by atoms with Crippen molar-refractivity contribution in [3.8, 4) is 22.6 Å². The molecule has 59 heavy (non-hydrogen) atoms. The summed E-state index contributed by atoms with van der Waals surface area (Å²) in [6, 6.07) is 2.45. The third-order valence-electron chi connectivity index (χ3n) is 12.0. The van der Waals surface area contributed by atoms with E-state index in [1.165, 1.54) is 6.07 Å². The minimum absolute atomic E-state index is 0.0277. The molecule has 0 spiro atoms. The van der Waals surface area contributed by atoms with Crippen LogP contribution in [0.2, 0.25) is 0 Å². The lowest BCUT2D eigenvalue weighted by atomic mass is 9.68. The fourth-order valence-electron chi connectivity index (χ4n) is 8.61. The molecule has 0 saturated heterocycles. The number of nitrogens with one attached hydrogen (secondary N) is 3. The SMILES string of the molecule is CCCCc1cc(S(=O)(=O)O)c2c(c1OCCNC(=O)CCCCC(C(C)CCCNS)C(C)CCCNS)C(C)(C)Cc1c(O)c(C(C)=C(C)C)cc(S(=O)(=O)O)c1-2. The van der Waals surface area contributed by atoms with Gasteiger partial charge in [0.05, 0.1) is 6.54 Å². The largest absolute Gasteiger partial charge is 0.507 e. The number of phenolic OH excluding ortho intramolecular Hbond substituents is 1. The van der Waals surface area contributed by atoms with Gasteiger partial charge in [0.2, 0.25) is 5.91 Å². The van der Waals surface area contributed by atoms with Gasteiger partial charge < -0.3 is 15.2 Å². The zero-order chi connectivity index (χ0) is 44.3. The van der Waals surface area contributed by atoms with Crippen LogP contribution in [0.15, 0.2) is 27.5 Å². The Labute approximate surface area is 365 Å². The number of thiol groups is 2. The lowest BCUT2D eigenvalue weighted by Gasteiger charge is -2.38. The highest BCUT2D eigenvalue weighted by molar-refractivity contribution is 7.86. The Kier molecular flexibility index (Phi) is 19.6. The normalized spacial score (nSPS) is 15.2. The number of phenols is 1. The van der Waals surface area contributed by atoms with Gasteiger partial charge in [-0.05, 0) is 125 Å². The van der Waals surface area contributed by atoms with Gasteiger partial charge in [0.25, 0.3) is 20.2 Å². The van der Waals surface area contributed by atoms with Crippen LogP contribution in [0.3, 0.4) is 0 Å². The van der Waals surface area contributed by atoms with Crippen molar-refractivity contribution >= 4 is 57.3 Å². The number of allylic oxidation sites excluding steroid dienone is 2. The van der Waals surface area contributed by atoms with Crippen molar-refractivity contribution in [3.63, 3.8) is 0 Å². The van der Waals surface area contributed by atoms with Gasteiger partial charge in [-0.1, -0.05) is 78.7 Å². The number of aryl methyl sites for hydroxylation is 1. The molecule has 12 nitrogen and oxygen atoms in total. The van der Waals surface area contributed by atoms with Gasteiger partial charge in [-0.25, -0.2) is 0 Å². The van der Waals surface area contributed by atoms with Crippen molar-refractivity contribution in [1.82, 2.24) is 14.8 Å². The van der Waals surface area contributed by atoms with E-state index in [0.717, 1.165) is 76.1 Å². The molecule has 6 N–H and O–H groups in total. The Morgan fingerprint density at radius 1 is 0.847 bits per heavy atom. The number of unbranched alkanes of at least 4 members (excludes halogenated alkanes) is 2. The summed E-state index contributed by atoms with van der Waals surface area (Å²) in [5, 5.41) is 14.6. The van der Waals surface area contributed by atoms with Crippen LogP contribution in [-0.2, 0) is 43.3 Å². The molecule has 334 valence electrons. The van der Waals surface area contributed by atoms with Crippen LogP contribution in [0.25, 0.3) is 16.7 Å². The molecule has 1 aliphatic rings. The molecular weight excluding hydrogens is 831 g/mol. The van der Waals surface area contributed by atoms with Crippen molar-refractivity contribution in [1.29, 1.82) is 0 Å². The number of amides is 1. The molecular formula is C43H69N3O9S4. The number of aromatic hydroxyl groups is 1. The predicted molar refractivity (Wildman–Crippen MR) is 244 cm³/mol. The monoisotopic (exact) mass is 899 g/mol. The smallest absolute Gasteiger partial charge is 0.295 e. The van der Waals surface area contributed by atoms with Crippen molar-refractivity contribution in [2.24, 2.45) is 17.8 Å². The first-order chi connectivity index (χ1) is 27.6. The van der Waals surface area contributed by atoms with E-state index in [2.05, 4.69) is 54.2 Å². The Morgan fingerprint density at radius 3 is 1.95 bits per heavy atom. The Bertz CT molecular complexity index is 2000. The van der Waals surface area contributed by atoms with E-state index in [-0.39, 0.29) is 53.5 Å². The molecule has 3 rings (SSSR count). The molecule has 1 aliphatic carbocycles. The van der Waals surface area contributed by atoms with Crippen LogP contribution in [-0.4, -0.2) is 63.2 Å². The maximum absolute atomic E-state index is 13.2. The number of rotatable bonds is 25. The quantitative estimate of drug-likeness (QED) is 0.0270. The lowest BCUT2D eigenvalue weighted by Crippen LogP contribution is -2.31. The third kappa shape index (κ3) is 13.6. The fourth-order valence-corrected chi connectivity index (χ4v) is 10.4. The summed E-state index contributed by atoms with van der Waals surface area (Å²) in [5.41, 5.74) is 1.21.